The Morgan fingerprint density at radius 2 is 1.92 bits per heavy atom. The molecule has 1 saturated carbocycles. The van der Waals surface area contributed by atoms with Crippen molar-refractivity contribution in [3.63, 3.8) is 0 Å². The summed E-state index contributed by atoms with van der Waals surface area (Å²) in [5, 5.41) is 6.80. The van der Waals surface area contributed by atoms with Gasteiger partial charge in [-0.1, -0.05) is 20.8 Å². The second-order valence-electron chi connectivity index (χ2n) is 10.8. The van der Waals surface area contributed by atoms with Gasteiger partial charge in [-0.15, -0.1) is 4.09 Å². The topological polar surface area (TPSA) is 111 Å². The van der Waals surface area contributed by atoms with E-state index in [0.717, 1.165) is 70.7 Å². The van der Waals surface area contributed by atoms with Crippen molar-refractivity contribution in [1.29, 1.82) is 0 Å². The predicted octanol–water partition coefficient (Wildman–Crippen LogP) is 3.08. The summed E-state index contributed by atoms with van der Waals surface area (Å²) in [5.74, 6) is 1.18. The molecule has 0 spiro atoms. The second-order valence-corrected chi connectivity index (χ2v) is 12.7. The summed E-state index contributed by atoms with van der Waals surface area (Å²) in [6, 6.07) is 5.71. The van der Waals surface area contributed by atoms with Crippen molar-refractivity contribution < 1.29 is 17.9 Å². The van der Waals surface area contributed by atoms with Gasteiger partial charge in [-0.05, 0) is 49.8 Å². The summed E-state index contributed by atoms with van der Waals surface area (Å²) in [7, 11) is -2.55. The molecule has 2 aromatic heterocycles. The van der Waals surface area contributed by atoms with Gasteiger partial charge in [0.1, 0.15) is 5.82 Å². The minimum absolute atomic E-state index is 0.172. The number of carbonyl (C=O) groups is 1. The first kappa shape index (κ1) is 24.8. The molecule has 0 radical (unpaired) electrons. The number of aromatic nitrogens is 4. The molecule has 194 valence electrons. The highest BCUT2D eigenvalue weighted by Gasteiger charge is 2.29. The average molecular weight is 515 g/mol. The molecule has 11 heteroatoms. The quantitative estimate of drug-likeness (QED) is 0.519. The number of fused-ring (bicyclic) bond motifs is 1. The monoisotopic (exact) mass is 514 g/mol. The highest BCUT2D eigenvalue weighted by molar-refractivity contribution is 7.91. The normalized spacial score (nSPS) is 17.4. The molecule has 2 aliphatic rings. The molecular weight excluding hydrogens is 480 g/mol. The highest BCUT2D eigenvalue weighted by Crippen LogP contribution is 2.31. The zero-order chi connectivity index (χ0) is 25.7. The highest BCUT2D eigenvalue weighted by atomic mass is 32.2. The number of hydrogen-bond donors (Lipinski definition) is 1. The van der Waals surface area contributed by atoms with Gasteiger partial charge in [-0.2, -0.15) is 13.5 Å². The molecule has 1 N–H and O–H groups in total. The lowest BCUT2D eigenvalue weighted by Crippen LogP contribution is -2.32. The van der Waals surface area contributed by atoms with Crippen molar-refractivity contribution >= 4 is 32.8 Å². The van der Waals surface area contributed by atoms with Crippen LogP contribution in [0.1, 0.15) is 62.6 Å². The summed E-state index contributed by atoms with van der Waals surface area (Å²) in [6.45, 7) is 8.85. The number of hydrogen-bond acceptors (Lipinski definition) is 6. The third kappa shape index (κ3) is 4.86. The van der Waals surface area contributed by atoms with Gasteiger partial charge >= 0.3 is 10.2 Å². The third-order valence-corrected chi connectivity index (χ3v) is 8.44. The van der Waals surface area contributed by atoms with E-state index in [4.69, 9.17) is 9.72 Å². The van der Waals surface area contributed by atoms with Crippen LogP contribution in [0, 0.1) is 5.92 Å². The lowest BCUT2D eigenvalue weighted by atomic mass is 9.94. The van der Waals surface area contributed by atoms with E-state index in [1.807, 2.05) is 6.07 Å². The van der Waals surface area contributed by atoms with Crippen molar-refractivity contribution in [2.24, 2.45) is 5.92 Å². The summed E-state index contributed by atoms with van der Waals surface area (Å²) in [4.78, 5) is 17.2. The van der Waals surface area contributed by atoms with Crippen LogP contribution in [0.2, 0.25) is 0 Å². The van der Waals surface area contributed by atoms with Crippen LogP contribution in [-0.2, 0) is 26.9 Å². The zero-order valence-corrected chi connectivity index (χ0v) is 22.1. The maximum Gasteiger partial charge on any atom is 0.345 e. The van der Waals surface area contributed by atoms with Gasteiger partial charge in [-0.25, -0.2) is 4.98 Å². The molecule has 1 aromatic carbocycles. The SMILES string of the molecule is CN(c1ccc2c(c1)nc(C(C)(C)C)n2CC1CCOCC1)S(=O)(=O)n1cc(C(=O)NC2CC2)cn1. The smallest absolute Gasteiger partial charge is 0.345 e. The summed E-state index contributed by atoms with van der Waals surface area (Å²) >= 11 is 0. The van der Waals surface area contributed by atoms with Crippen LogP contribution in [-0.4, -0.2) is 59.4 Å². The third-order valence-electron chi connectivity index (χ3n) is 6.87. The van der Waals surface area contributed by atoms with Crippen LogP contribution in [0.3, 0.4) is 0 Å². The molecule has 36 heavy (non-hydrogen) atoms. The number of imidazole rings is 1. The Hall–Kier alpha value is -2.92. The van der Waals surface area contributed by atoms with Crippen LogP contribution in [0.4, 0.5) is 5.69 Å². The largest absolute Gasteiger partial charge is 0.381 e. The fraction of sp³-hybridized carbons (Fsp3) is 0.560. The molecule has 1 amide bonds. The number of ether oxygens (including phenoxy) is 1. The number of anilines is 1. The summed E-state index contributed by atoms with van der Waals surface area (Å²) in [6.07, 6.45) is 6.47. The van der Waals surface area contributed by atoms with Gasteiger partial charge in [0.25, 0.3) is 5.91 Å². The molecule has 1 aliphatic carbocycles. The first-order chi connectivity index (χ1) is 17.0. The van der Waals surface area contributed by atoms with Crippen molar-refractivity contribution in [2.45, 2.75) is 64.5 Å². The first-order valence-corrected chi connectivity index (χ1v) is 13.9. The molecule has 1 saturated heterocycles. The van der Waals surface area contributed by atoms with Crippen molar-refractivity contribution in [2.75, 3.05) is 24.6 Å². The average Bonchev–Trinajstić information content (AvgIpc) is 3.36. The van der Waals surface area contributed by atoms with Gasteiger partial charge in [0.15, 0.2) is 0 Å². The number of rotatable bonds is 7. The molecule has 3 heterocycles. The van der Waals surface area contributed by atoms with Gasteiger partial charge < -0.3 is 14.6 Å². The standard InChI is InChI=1S/C25H34N6O4S/c1-25(2,3)24-28-21-13-20(7-8-22(21)30(24)15-17-9-11-35-12-10-17)29(4)36(33,34)31-16-18(14-26-31)23(32)27-19-5-6-19/h7-8,13-14,16-17,19H,5-6,9-12,15H2,1-4H3,(H,27,32). The summed E-state index contributed by atoms with van der Waals surface area (Å²) in [5.41, 5.74) is 2.25. The number of benzene rings is 1. The predicted molar refractivity (Wildman–Crippen MR) is 137 cm³/mol. The molecule has 10 nitrogen and oxygen atoms in total. The van der Waals surface area contributed by atoms with E-state index in [1.54, 1.807) is 12.1 Å². The number of nitrogens with one attached hydrogen (secondary N) is 1. The Labute approximate surface area is 211 Å². The molecule has 0 bridgehead atoms. The Bertz CT molecular complexity index is 1380. The van der Waals surface area contributed by atoms with Crippen LogP contribution >= 0.6 is 0 Å². The Balaban J connectivity index is 1.44. The Morgan fingerprint density at radius 3 is 2.58 bits per heavy atom. The molecule has 2 fully saturated rings. The molecule has 0 atom stereocenters. The fourth-order valence-electron chi connectivity index (χ4n) is 4.56. The van der Waals surface area contributed by atoms with E-state index in [0.29, 0.717) is 11.6 Å². The summed E-state index contributed by atoms with van der Waals surface area (Å²) < 4.78 is 36.4. The van der Waals surface area contributed by atoms with E-state index in [-0.39, 0.29) is 22.9 Å². The van der Waals surface area contributed by atoms with E-state index in [2.05, 4.69) is 35.8 Å². The molecule has 0 unspecified atom stereocenters. The lowest BCUT2D eigenvalue weighted by Gasteiger charge is -2.26. The van der Waals surface area contributed by atoms with Crippen LogP contribution in [0.15, 0.2) is 30.6 Å². The van der Waals surface area contributed by atoms with Gasteiger partial charge in [0.2, 0.25) is 0 Å². The zero-order valence-electron chi connectivity index (χ0n) is 21.3. The Morgan fingerprint density at radius 1 is 1.19 bits per heavy atom. The maximum absolute atomic E-state index is 13.3. The second kappa shape index (κ2) is 9.19. The van der Waals surface area contributed by atoms with Crippen LogP contribution < -0.4 is 9.62 Å². The number of carbonyl (C=O) groups excluding carboxylic acids is 1. The first-order valence-electron chi connectivity index (χ1n) is 12.5. The van der Waals surface area contributed by atoms with Gasteiger partial charge in [0, 0.05) is 38.3 Å². The number of nitrogens with zero attached hydrogens (tertiary/aromatic N) is 5. The van der Waals surface area contributed by atoms with E-state index >= 15 is 0 Å². The van der Waals surface area contributed by atoms with Crippen LogP contribution in [0.5, 0.6) is 0 Å². The van der Waals surface area contributed by atoms with Gasteiger partial charge in [0.05, 0.1) is 34.7 Å². The molecule has 1 aliphatic heterocycles. The van der Waals surface area contributed by atoms with Crippen molar-refractivity contribution in [3.05, 3.63) is 42.0 Å². The lowest BCUT2D eigenvalue weighted by molar-refractivity contribution is 0.0611. The molecule has 5 rings (SSSR count). The molecule has 3 aromatic rings. The minimum atomic E-state index is -4.03. The fourth-order valence-corrected chi connectivity index (χ4v) is 5.61. The van der Waals surface area contributed by atoms with Gasteiger partial charge in [-0.3, -0.25) is 9.10 Å². The van der Waals surface area contributed by atoms with Crippen molar-refractivity contribution in [1.82, 2.24) is 24.1 Å². The number of amides is 1. The molecular formula is C25H34N6O4S. The van der Waals surface area contributed by atoms with Crippen LogP contribution in [0.25, 0.3) is 11.0 Å². The van der Waals surface area contributed by atoms with E-state index in [9.17, 15) is 13.2 Å². The van der Waals surface area contributed by atoms with E-state index < -0.39 is 10.2 Å². The van der Waals surface area contributed by atoms with E-state index in [1.165, 1.54) is 19.4 Å². The minimum Gasteiger partial charge on any atom is -0.381 e. The Kier molecular flexibility index (Phi) is 6.32. The van der Waals surface area contributed by atoms with Crippen molar-refractivity contribution in [3.8, 4) is 0 Å². The maximum atomic E-state index is 13.3.